The van der Waals surface area contributed by atoms with Crippen molar-refractivity contribution in [3.05, 3.63) is 29.8 Å². The number of benzene rings is 1. The van der Waals surface area contributed by atoms with Gasteiger partial charge in [-0.15, -0.1) is 0 Å². The Bertz CT molecular complexity index is 702. The molecule has 0 aromatic heterocycles. The number of ether oxygens (including phenoxy) is 1. The van der Waals surface area contributed by atoms with Crippen molar-refractivity contribution >= 4 is 27.4 Å². The summed E-state index contributed by atoms with van der Waals surface area (Å²) in [5.74, 6) is -0.435. The van der Waals surface area contributed by atoms with Crippen LogP contribution in [0.3, 0.4) is 0 Å². The van der Waals surface area contributed by atoms with Crippen LogP contribution in [0.1, 0.15) is 23.7 Å². The van der Waals surface area contributed by atoms with Gasteiger partial charge in [0.25, 0.3) is 5.91 Å². The van der Waals surface area contributed by atoms with Crippen molar-refractivity contribution in [2.75, 3.05) is 36.5 Å². The Morgan fingerprint density at radius 3 is 2.71 bits per heavy atom. The van der Waals surface area contributed by atoms with E-state index >= 15 is 0 Å². The van der Waals surface area contributed by atoms with Gasteiger partial charge in [0.05, 0.1) is 23.7 Å². The van der Waals surface area contributed by atoms with Gasteiger partial charge in [-0.25, -0.2) is 8.42 Å². The first-order valence-corrected chi connectivity index (χ1v) is 9.70. The summed E-state index contributed by atoms with van der Waals surface area (Å²) in [7, 11) is -2.95. The molecule has 1 saturated heterocycles. The topological polar surface area (TPSA) is 102 Å². The zero-order chi connectivity index (χ0) is 17.6. The van der Waals surface area contributed by atoms with E-state index in [0.29, 0.717) is 30.8 Å². The molecule has 132 valence electrons. The van der Waals surface area contributed by atoms with E-state index in [2.05, 4.69) is 10.6 Å². The summed E-state index contributed by atoms with van der Waals surface area (Å²) in [5.41, 5.74) is 0.935. The highest BCUT2D eigenvalue weighted by molar-refractivity contribution is 7.91. The van der Waals surface area contributed by atoms with Crippen LogP contribution in [-0.4, -0.2) is 51.5 Å². The van der Waals surface area contributed by atoms with Gasteiger partial charge in [-0.2, -0.15) is 0 Å². The van der Waals surface area contributed by atoms with Crippen LogP contribution < -0.4 is 10.6 Å². The quantitative estimate of drug-likeness (QED) is 0.703. The van der Waals surface area contributed by atoms with Gasteiger partial charge in [-0.1, -0.05) is 12.1 Å². The van der Waals surface area contributed by atoms with Crippen LogP contribution in [0, 0.1) is 5.92 Å². The van der Waals surface area contributed by atoms with Gasteiger partial charge in [0.2, 0.25) is 0 Å². The molecule has 1 aromatic rings. The van der Waals surface area contributed by atoms with Gasteiger partial charge in [0.1, 0.15) is 6.54 Å². The monoisotopic (exact) mass is 354 g/mol. The van der Waals surface area contributed by atoms with Gasteiger partial charge in [-0.05, 0) is 31.4 Å². The lowest BCUT2D eigenvalue weighted by molar-refractivity contribution is -0.140. The van der Waals surface area contributed by atoms with Crippen LogP contribution >= 0.6 is 0 Å². The van der Waals surface area contributed by atoms with Gasteiger partial charge in [0, 0.05) is 12.2 Å². The summed E-state index contributed by atoms with van der Waals surface area (Å²) >= 11 is 0. The third-order valence-electron chi connectivity index (χ3n) is 3.78. The Labute approximate surface area is 141 Å². The minimum atomic E-state index is -2.95. The maximum absolute atomic E-state index is 12.3. The molecule has 1 heterocycles. The highest BCUT2D eigenvalue weighted by atomic mass is 32.2. The third-order valence-corrected chi connectivity index (χ3v) is 5.62. The van der Waals surface area contributed by atoms with Crippen LogP contribution in [-0.2, 0) is 19.4 Å². The number of anilines is 1. The fourth-order valence-corrected chi connectivity index (χ4v) is 4.44. The summed E-state index contributed by atoms with van der Waals surface area (Å²) in [6.45, 7) is 2.32. The zero-order valence-electron chi connectivity index (χ0n) is 13.6. The maximum Gasteiger partial charge on any atom is 0.325 e. The van der Waals surface area contributed by atoms with E-state index in [4.69, 9.17) is 4.74 Å². The lowest BCUT2D eigenvalue weighted by Crippen LogP contribution is -2.30. The number of hydrogen-bond acceptors (Lipinski definition) is 6. The number of esters is 1. The van der Waals surface area contributed by atoms with E-state index < -0.39 is 15.8 Å². The molecule has 1 amide bonds. The fourth-order valence-electron chi connectivity index (χ4n) is 2.58. The molecule has 2 N–H and O–H groups in total. The minimum absolute atomic E-state index is 0.0288. The highest BCUT2D eigenvalue weighted by Crippen LogP contribution is 2.18. The minimum Gasteiger partial charge on any atom is -0.465 e. The van der Waals surface area contributed by atoms with Crippen molar-refractivity contribution in [3.8, 4) is 0 Å². The van der Waals surface area contributed by atoms with Crippen LogP contribution in [0.25, 0.3) is 0 Å². The van der Waals surface area contributed by atoms with Crippen LogP contribution in [0.4, 0.5) is 5.69 Å². The first-order valence-electron chi connectivity index (χ1n) is 7.88. The molecule has 8 heteroatoms. The molecule has 1 fully saturated rings. The van der Waals surface area contributed by atoms with Gasteiger partial charge >= 0.3 is 5.97 Å². The number of para-hydroxylation sites is 1. The summed E-state index contributed by atoms with van der Waals surface area (Å²) in [6, 6.07) is 6.83. The lowest BCUT2D eigenvalue weighted by atomic mass is 10.1. The SMILES string of the molecule is CCOC(=O)CNc1ccccc1C(=O)NCC1CCS(=O)(=O)C1. The Hall–Kier alpha value is -2.09. The first-order chi connectivity index (χ1) is 11.4. The van der Waals surface area contributed by atoms with Crippen molar-refractivity contribution in [1.29, 1.82) is 0 Å². The van der Waals surface area contributed by atoms with Crippen molar-refractivity contribution in [3.63, 3.8) is 0 Å². The number of nitrogens with one attached hydrogen (secondary N) is 2. The second kappa shape index (κ2) is 8.14. The molecule has 0 bridgehead atoms. The molecule has 0 aliphatic carbocycles. The van der Waals surface area contributed by atoms with Crippen molar-refractivity contribution < 1.29 is 22.7 Å². The normalized spacial score (nSPS) is 18.8. The maximum atomic E-state index is 12.3. The molecule has 1 unspecified atom stereocenters. The van der Waals surface area contributed by atoms with E-state index in [1.807, 2.05) is 0 Å². The first kappa shape index (κ1) is 18.3. The molecule has 0 spiro atoms. The summed E-state index contributed by atoms with van der Waals surface area (Å²) in [5, 5.41) is 5.66. The van der Waals surface area contributed by atoms with Crippen molar-refractivity contribution in [1.82, 2.24) is 5.32 Å². The second-order valence-corrected chi connectivity index (χ2v) is 7.91. The Morgan fingerprint density at radius 1 is 1.29 bits per heavy atom. The summed E-state index contributed by atoms with van der Waals surface area (Å²) < 4.78 is 27.7. The molecular formula is C16H22N2O5S. The predicted molar refractivity (Wildman–Crippen MR) is 90.7 cm³/mol. The molecule has 1 atom stereocenters. The molecule has 7 nitrogen and oxygen atoms in total. The van der Waals surface area contributed by atoms with Gasteiger partial charge in [0.15, 0.2) is 9.84 Å². The number of carbonyl (C=O) groups is 2. The lowest BCUT2D eigenvalue weighted by Gasteiger charge is -2.13. The average Bonchev–Trinajstić information content (AvgIpc) is 2.90. The highest BCUT2D eigenvalue weighted by Gasteiger charge is 2.28. The van der Waals surface area contributed by atoms with E-state index in [1.54, 1.807) is 31.2 Å². The van der Waals surface area contributed by atoms with Crippen LogP contribution in [0.5, 0.6) is 0 Å². The number of hydrogen-bond donors (Lipinski definition) is 2. The Kier molecular flexibility index (Phi) is 6.19. The number of carbonyl (C=O) groups excluding carboxylic acids is 2. The number of amides is 1. The molecule has 1 aliphatic rings. The van der Waals surface area contributed by atoms with Crippen LogP contribution in [0.15, 0.2) is 24.3 Å². The van der Waals surface area contributed by atoms with Crippen molar-refractivity contribution in [2.24, 2.45) is 5.92 Å². The van der Waals surface area contributed by atoms with E-state index in [0.717, 1.165) is 0 Å². The standard InChI is InChI=1S/C16H22N2O5S/c1-2-23-15(19)10-17-14-6-4-3-5-13(14)16(20)18-9-12-7-8-24(21,22)11-12/h3-6,12,17H,2,7-11H2,1H3,(H,18,20). The predicted octanol–water partition coefficient (Wildman–Crippen LogP) is 0.826. The number of sulfone groups is 1. The van der Waals surface area contributed by atoms with Gasteiger partial charge < -0.3 is 15.4 Å². The smallest absolute Gasteiger partial charge is 0.325 e. The zero-order valence-corrected chi connectivity index (χ0v) is 14.4. The molecular weight excluding hydrogens is 332 g/mol. The summed E-state index contributed by atoms with van der Waals surface area (Å²) in [6.07, 6.45) is 0.575. The molecule has 0 radical (unpaired) electrons. The third kappa shape index (κ3) is 5.23. The molecule has 1 aromatic carbocycles. The van der Waals surface area contributed by atoms with Gasteiger partial charge in [-0.3, -0.25) is 9.59 Å². The molecule has 0 saturated carbocycles. The Morgan fingerprint density at radius 2 is 2.04 bits per heavy atom. The van der Waals surface area contributed by atoms with Crippen molar-refractivity contribution in [2.45, 2.75) is 13.3 Å². The van der Waals surface area contributed by atoms with Crippen LogP contribution in [0.2, 0.25) is 0 Å². The molecule has 2 rings (SSSR count). The molecule has 1 aliphatic heterocycles. The van der Waals surface area contributed by atoms with E-state index in [-0.39, 0.29) is 29.9 Å². The fraction of sp³-hybridized carbons (Fsp3) is 0.500. The Balaban J connectivity index is 1.93. The van der Waals surface area contributed by atoms with E-state index in [9.17, 15) is 18.0 Å². The number of rotatable bonds is 7. The summed E-state index contributed by atoms with van der Waals surface area (Å²) in [4.78, 5) is 23.8. The average molecular weight is 354 g/mol. The molecule has 24 heavy (non-hydrogen) atoms. The largest absolute Gasteiger partial charge is 0.465 e. The second-order valence-electron chi connectivity index (χ2n) is 5.68. The van der Waals surface area contributed by atoms with E-state index in [1.165, 1.54) is 0 Å².